The topological polar surface area (TPSA) is 66.5 Å². The summed E-state index contributed by atoms with van der Waals surface area (Å²) in [5, 5.41) is 3.13. The van der Waals surface area contributed by atoms with Gasteiger partial charge < -0.3 is 5.32 Å². The maximum absolute atomic E-state index is 12.4. The lowest BCUT2D eigenvalue weighted by atomic mass is 10.1. The highest BCUT2D eigenvalue weighted by molar-refractivity contribution is 7.92. The molecule has 0 atom stereocenters. The zero-order valence-corrected chi connectivity index (χ0v) is 16.3. The van der Waals surface area contributed by atoms with Crippen molar-refractivity contribution < 1.29 is 13.2 Å². The van der Waals surface area contributed by atoms with E-state index in [1.165, 1.54) is 0 Å². The number of aryl methyl sites for hydroxylation is 1. The van der Waals surface area contributed by atoms with Gasteiger partial charge in [-0.3, -0.25) is 9.10 Å². The third kappa shape index (κ3) is 4.66. The molecule has 0 aliphatic heterocycles. The molecule has 8 heteroatoms. The number of para-hydroxylation sites is 1. The lowest BCUT2D eigenvalue weighted by Gasteiger charge is -2.24. The van der Waals surface area contributed by atoms with E-state index in [2.05, 4.69) is 5.32 Å². The average molecular weight is 401 g/mol. The molecule has 0 aliphatic rings. The van der Waals surface area contributed by atoms with Gasteiger partial charge >= 0.3 is 0 Å². The van der Waals surface area contributed by atoms with Crippen LogP contribution < -0.4 is 9.62 Å². The van der Waals surface area contributed by atoms with E-state index >= 15 is 0 Å². The van der Waals surface area contributed by atoms with Crippen molar-refractivity contribution in [1.82, 2.24) is 0 Å². The maximum atomic E-state index is 12.4. The molecule has 0 radical (unpaired) electrons. The van der Waals surface area contributed by atoms with Crippen LogP contribution in [-0.2, 0) is 14.8 Å². The van der Waals surface area contributed by atoms with Crippen molar-refractivity contribution in [2.24, 2.45) is 0 Å². The maximum Gasteiger partial charge on any atom is 0.245 e. The van der Waals surface area contributed by atoms with Gasteiger partial charge in [0.05, 0.1) is 27.7 Å². The second kappa shape index (κ2) is 7.64. The average Bonchev–Trinajstić information content (AvgIpc) is 2.51. The van der Waals surface area contributed by atoms with Crippen LogP contribution in [0, 0.1) is 13.8 Å². The number of anilines is 2. The van der Waals surface area contributed by atoms with Crippen LogP contribution in [-0.4, -0.2) is 27.1 Å². The van der Waals surface area contributed by atoms with Crippen molar-refractivity contribution >= 4 is 50.5 Å². The van der Waals surface area contributed by atoms with Crippen LogP contribution in [0.25, 0.3) is 0 Å². The molecular formula is C17H18Cl2N2O3S. The van der Waals surface area contributed by atoms with Crippen LogP contribution in [0.4, 0.5) is 11.4 Å². The molecule has 2 rings (SSSR count). The molecule has 0 unspecified atom stereocenters. The molecule has 0 bridgehead atoms. The molecule has 0 spiro atoms. The van der Waals surface area contributed by atoms with Gasteiger partial charge in [-0.2, -0.15) is 0 Å². The van der Waals surface area contributed by atoms with E-state index in [1.807, 2.05) is 19.9 Å². The number of nitrogens with one attached hydrogen (secondary N) is 1. The predicted molar refractivity (Wildman–Crippen MR) is 103 cm³/mol. The Kier molecular flexibility index (Phi) is 5.98. The van der Waals surface area contributed by atoms with Gasteiger partial charge in [0.1, 0.15) is 6.54 Å². The molecule has 2 aromatic carbocycles. The van der Waals surface area contributed by atoms with E-state index in [4.69, 9.17) is 23.2 Å². The Balaban J connectivity index is 2.32. The van der Waals surface area contributed by atoms with Gasteiger partial charge in [0.2, 0.25) is 15.9 Å². The van der Waals surface area contributed by atoms with E-state index in [0.717, 1.165) is 21.7 Å². The summed E-state index contributed by atoms with van der Waals surface area (Å²) < 4.78 is 25.5. The van der Waals surface area contributed by atoms with Crippen LogP contribution in [0.1, 0.15) is 11.1 Å². The van der Waals surface area contributed by atoms with Crippen LogP contribution >= 0.6 is 23.2 Å². The summed E-state index contributed by atoms with van der Waals surface area (Å²) in [4.78, 5) is 12.4. The Morgan fingerprint density at radius 1 is 1.08 bits per heavy atom. The SMILES string of the molecule is Cc1cccc(N(CC(=O)Nc2c(Cl)cccc2Cl)S(C)(=O)=O)c1C. The lowest BCUT2D eigenvalue weighted by Crippen LogP contribution is -2.38. The smallest absolute Gasteiger partial charge is 0.245 e. The molecule has 2 aromatic rings. The standard InChI is InChI=1S/C17H18Cl2N2O3S/c1-11-6-4-9-15(12(11)2)21(25(3,23)24)10-16(22)20-17-13(18)7-5-8-14(17)19/h4-9H,10H2,1-3H3,(H,20,22). The predicted octanol–water partition coefficient (Wildman–Crippen LogP) is 4.01. The largest absolute Gasteiger partial charge is 0.322 e. The minimum absolute atomic E-state index is 0.255. The summed E-state index contributed by atoms with van der Waals surface area (Å²) in [6.45, 7) is 3.30. The van der Waals surface area contributed by atoms with Crippen molar-refractivity contribution in [3.63, 3.8) is 0 Å². The lowest BCUT2D eigenvalue weighted by molar-refractivity contribution is -0.114. The van der Waals surface area contributed by atoms with Crippen LogP contribution in [0.3, 0.4) is 0 Å². The molecule has 0 aromatic heterocycles. The summed E-state index contributed by atoms with van der Waals surface area (Å²) in [5.74, 6) is -0.540. The minimum atomic E-state index is -3.66. The summed E-state index contributed by atoms with van der Waals surface area (Å²) >= 11 is 12.1. The van der Waals surface area contributed by atoms with Crippen LogP contribution in [0.5, 0.6) is 0 Å². The Morgan fingerprint density at radius 2 is 1.64 bits per heavy atom. The van der Waals surface area contributed by atoms with Crippen molar-refractivity contribution in [1.29, 1.82) is 0 Å². The van der Waals surface area contributed by atoms with Gasteiger partial charge in [-0.05, 0) is 43.2 Å². The number of carbonyl (C=O) groups excluding carboxylic acids is 1. The van der Waals surface area contributed by atoms with E-state index in [0.29, 0.717) is 5.69 Å². The summed E-state index contributed by atoms with van der Waals surface area (Å²) in [6, 6.07) is 10.1. The normalized spacial score (nSPS) is 11.2. The van der Waals surface area contributed by atoms with E-state index in [1.54, 1.807) is 30.3 Å². The molecule has 1 amide bonds. The number of halogens is 2. The first-order chi connectivity index (χ1) is 11.6. The molecule has 0 aliphatic carbocycles. The van der Waals surface area contributed by atoms with Crippen molar-refractivity contribution in [2.45, 2.75) is 13.8 Å². The molecule has 0 heterocycles. The molecule has 1 N–H and O–H groups in total. The third-order valence-electron chi connectivity index (χ3n) is 3.76. The van der Waals surface area contributed by atoms with Gasteiger partial charge in [-0.25, -0.2) is 8.42 Å². The summed E-state index contributed by atoms with van der Waals surface area (Å²) in [7, 11) is -3.66. The highest BCUT2D eigenvalue weighted by Gasteiger charge is 2.23. The fraction of sp³-hybridized carbons (Fsp3) is 0.235. The minimum Gasteiger partial charge on any atom is -0.322 e. The summed E-state index contributed by atoms with van der Waals surface area (Å²) in [5.41, 5.74) is 2.44. The van der Waals surface area contributed by atoms with E-state index in [9.17, 15) is 13.2 Å². The van der Waals surface area contributed by atoms with E-state index in [-0.39, 0.29) is 22.3 Å². The zero-order valence-electron chi connectivity index (χ0n) is 14.0. The fourth-order valence-corrected chi connectivity index (χ4v) is 3.71. The third-order valence-corrected chi connectivity index (χ3v) is 5.52. The van der Waals surface area contributed by atoms with Crippen molar-refractivity contribution in [3.05, 3.63) is 57.6 Å². The number of hydrogen-bond donors (Lipinski definition) is 1. The van der Waals surface area contributed by atoms with Gasteiger partial charge in [0.25, 0.3) is 0 Å². The number of hydrogen-bond acceptors (Lipinski definition) is 3. The van der Waals surface area contributed by atoms with Crippen molar-refractivity contribution in [2.75, 3.05) is 22.4 Å². The van der Waals surface area contributed by atoms with Gasteiger partial charge in [0.15, 0.2) is 0 Å². The Labute approximate surface area is 157 Å². The number of nitrogens with zero attached hydrogens (tertiary/aromatic N) is 1. The van der Waals surface area contributed by atoms with Crippen molar-refractivity contribution in [3.8, 4) is 0 Å². The number of benzene rings is 2. The second-order valence-electron chi connectivity index (χ2n) is 5.63. The highest BCUT2D eigenvalue weighted by atomic mass is 35.5. The second-order valence-corrected chi connectivity index (χ2v) is 8.35. The molecule has 0 fully saturated rings. The molecule has 0 saturated heterocycles. The van der Waals surface area contributed by atoms with Crippen LogP contribution in [0.15, 0.2) is 36.4 Å². The van der Waals surface area contributed by atoms with Gasteiger partial charge in [-0.1, -0.05) is 41.4 Å². The zero-order chi connectivity index (χ0) is 18.8. The number of sulfonamides is 1. The summed E-state index contributed by atoms with van der Waals surface area (Å²) in [6.07, 6.45) is 1.06. The Morgan fingerprint density at radius 3 is 2.20 bits per heavy atom. The van der Waals surface area contributed by atoms with Gasteiger partial charge in [-0.15, -0.1) is 0 Å². The Hall–Kier alpha value is -1.76. The number of amides is 1. The molecule has 134 valence electrons. The molecule has 5 nitrogen and oxygen atoms in total. The first kappa shape index (κ1) is 19.6. The Bertz CT molecular complexity index is 894. The van der Waals surface area contributed by atoms with E-state index < -0.39 is 15.9 Å². The van der Waals surface area contributed by atoms with Crippen LogP contribution in [0.2, 0.25) is 10.0 Å². The molecular weight excluding hydrogens is 383 g/mol. The molecule has 25 heavy (non-hydrogen) atoms. The number of rotatable bonds is 5. The fourth-order valence-electron chi connectivity index (χ4n) is 2.31. The monoisotopic (exact) mass is 400 g/mol. The number of carbonyl (C=O) groups is 1. The molecule has 0 saturated carbocycles. The highest BCUT2D eigenvalue weighted by Crippen LogP contribution is 2.30. The van der Waals surface area contributed by atoms with Gasteiger partial charge in [0, 0.05) is 0 Å². The quantitative estimate of drug-likeness (QED) is 0.823. The first-order valence-electron chi connectivity index (χ1n) is 7.39. The first-order valence-corrected chi connectivity index (χ1v) is 9.99.